The van der Waals surface area contributed by atoms with Crippen LogP contribution in [0, 0.1) is 0 Å². The van der Waals surface area contributed by atoms with Crippen molar-refractivity contribution in [1.82, 2.24) is 10.2 Å². The molecule has 1 aliphatic heterocycles. The van der Waals surface area contributed by atoms with E-state index in [4.69, 9.17) is 16.0 Å². The van der Waals surface area contributed by atoms with Gasteiger partial charge in [0.25, 0.3) is 5.91 Å². The molecule has 0 atom stereocenters. The zero-order valence-corrected chi connectivity index (χ0v) is 9.25. The minimum Gasteiger partial charge on any atom is -0.440 e. The molecule has 0 saturated carbocycles. The summed E-state index contributed by atoms with van der Waals surface area (Å²) in [5.41, 5.74) is 0. The largest absolute Gasteiger partial charge is 0.440 e. The molecule has 0 spiro atoms. The number of hydrogen-bond donors (Lipinski definition) is 1. The van der Waals surface area contributed by atoms with Gasteiger partial charge in [-0.1, -0.05) is 0 Å². The van der Waals surface area contributed by atoms with Gasteiger partial charge in [0.1, 0.15) is 0 Å². The lowest BCUT2D eigenvalue weighted by atomic mass is 10.1. The first-order chi connectivity index (χ1) is 7.22. The van der Waals surface area contributed by atoms with Crippen molar-refractivity contribution in [1.29, 1.82) is 0 Å². The fourth-order valence-corrected chi connectivity index (χ4v) is 1.78. The Hall–Kier alpha value is -1.00. The van der Waals surface area contributed by atoms with E-state index < -0.39 is 0 Å². The zero-order valence-electron chi connectivity index (χ0n) is 8.50. The fourth-order valence-electron chi connectivity index (χ4n) is 1.63. The molecule has 15 heavy (non-hydrogen) atoms. The topological polar surface area (TPSA) is 45.5 Å². The van der Waals surface area contributed by atoms with Crippen molar-refractivity contribution in [3.05, 3.63) is 23.1 Å². The first-order valence-electron chi connectivity index (χ1n) is 4.99. The number of furan rings is 1. The molecule has 82 valence electrons. The molecule has 1 aromatic heterocycles. The van der Waals surface area contributed by atoms with Crippen LogP contribution in [0.2, 0.25) is 5.22 Å². The Bertz CT molecular complexity index is 360. The maximum Gasteiger partial charge on any atom is 0.289 e. The monoisotopic (exact) mass is 228 g/mol. The molecule has 0 aromatic carbocycles. The molecule has 0 bridgehead atoms. The predicted octanol–water partition coefficient (Wildman–Crippen LogP) is 1.37. The summed E-state index contributed by atoms with van der Waals surface area (Å²) in [5.74, 6) is 0.227. The third kappa shape index (κ3) is 2.01. The number of carbonyl (C=O) groups excluding carboxylic acids is 1. The van der Waals surface area contributed by atoms with Crippen molar-refractivity contribution in [3.8, 4) is 0 Å². The van der Waals surface area contributed by atoms with Crippen molar-refractivity contribution in [3.63, 3.8) is 0 Å². The average Bonchev–Trinajstić information content (AvgIpc) is 2.57. The molecule has 1 aliphatic rings. The second-order valence-corrected chi connectivity index (χ2v) is 3.88. The van der Waals surface area contributed by atoms with Crippen LogP contribution < -0.4 is 5.32 Å². The maximum absolute atomic E-state index is 12.0. The number of rotatable bonds is 3. The summed E-state index contributed by atoms with van der Waals surface area (Å²) in [4.78, 5) is 13.8. The highest BCUT2D eigenvalue weighted by Crippen LogP contribution is 2.17. The van der Waals surface area contributed by atoms with E-state index in [1.54, 1.807) is 17.0 Å². The van der Waals surface area contributed by atoms with Gasteiger partial charge >= 0.3 is 0 Å². The predicted molar refractivity (Wildman–Crippen MR) is 57.1 cm³/mol. The highest BCUT2D eigenvalue weighted by molar-refractivity contribution is 6.29. The number of nitrogens with zero attached hydrogens (tertiary/aromatic N) is 1. The van der Waals surface area contributed by atoms with Crippen molar-refractivity contribution < 1.29 is 9.21 Å². The minimum atomic E-state index is -0.0871. The summed E-state index contributed by atoms with van der Waals surface area (Å²) >= 11 is 5.63. The van der Waals surface area contributed by atoms with Crippen LogP contribution in [-0.2, 0) is 0 Å². The average molecular weight is 229 g/mol. The van der Waals surface area contributed by atoms with Crippen LogP contribution in [0.3, 0.4) is 0 Å². The van der Waals surface area contributed by atoms with E-state index in [1.807, 2.05) is 6.92 Å². The molecule has 2 heterocycles. The van der Waals surface area contributed by atoms with Gasteiger partial charge in [-0.15, -0.1) is 0 Å². The molecule has 1 saturated heterocycles. The lowest BCUT2D eigenvalue weighted by Crippen LogP contribution is -2.58. The van der Waals surface area contributed by atoms with E-state index in [0.717, 1.165) is 13.1 Å². The van der Waals surface area contributed by atoms with Gasteiger partial charge in [0, 0.05) is 19.6 Å². The lowest BCUT2D eigenvalue weighted by Gasteiger charge is -2.37. The quantitative estimate of drug-likeness (QED) is 0.850. The van der Waals surface area contributed by atoms with Crippen molar-refractivity contribution in [2.45, 2.75) is 13.0 Å². The van der Waals surface area contributed by atoms with E-state index in [-0.39, 0.29) is 17.2 Å². The second kappa shape index (κ2) is 4.24. The maximum atomic E-state index is 12.0. The van der Waals surface area contributed by atoms with Gasteiger partial charge in [0.2, 0.25) is 0 Å². The summed E-state index contributed by atoms with van der Waals surface area (Å²) in [6.45, 7) is 4.35. The van der Waals surface area contributed by atoms with E-state index in [1.165, 1.54) is 0 Å². The van der Waals surface area contributed by atoms with Gasteiger partial charge < -0.3 is 14.6 Å². The van der Waals surface area contributed by atoms with Crippen LogP contribution in [0.5, 0.6) is 0 Å². The molecule has 5 heteroatoms. The number of likely N-dealkylation sites (N-methyl/N-ethyl adjacent to an activating group) is 1. The van der Waals surface area contributed by atoms with Crippen LogP contribution in [0.4, 0.5) is 0 Å². The Morgan fingerprint density at radius 1 is 1.67 bits per heavy atom. The number of carbonyl (C=O) groups is 1. The Balaban J connectivity index is 2.10. The molecular weight excluding hydrogens is 216 g/mol. The third-order valence-corrected chi connectivity index (χ3v) is 2.79. The molecule has 4 nitrogen and oxygen atoms in total. The number of amides is 1. The summed E-state index contributed by atoms with van der Waals surface area (Å²) in [6.07, 6.45) is 0. The van der Waals surface area contributed by atoms with E-state index in [2.05, 4.69) is 5.32 Å². The highest BCUT2D eigenvalue weighted by atomic mass is 35.5. The fraction of sp³-hybridized carbons (Fsp3) is 0.500. The highest BCUT2D eigenvalue weighted by Gasteiger charge is 2.29. The van der Waals surface area contributed by atoms with Gasteiger partial charge in [-0.05, 0) is 30.7 Å². The van der Waals surface area contributed by atoms with E-state index in [9.17, 15) is 4.79 Å². The van der Waals surface area contributed by atoms with Gasteiger partial charge in [0.15, 0.2) is 11.0 Å². The Morgan fingerprint density at radius 3 is 2.80 bits per heavy atom. The van der Waals surface area contributed by atoms with Gasteiger partial charge in [-0.25, -0.2) is 0 Å². The third-order valence-electron chi connectivity index (χ3n) is 2.59. The van der Waals surface area contributed by atoms with Crippen molar-refractivity contribution >= 4 is 17.5 Å². The van der Waals surface area contributed by atoms with Gasteiger partial charge in [-0.3, -0.25) is 4.79 Å². The van der Waals surface area contributed by atoms with Crippen LogP contribution in [0.15, 0.2) is 16.5 Å². The van der Waals surface area contributed by atoms with E-state index >= 15 is 0 Å². The second-order valence-electron chi connectivity index (χ2n) is 3.51. The smallest absolute Gasteiger partial charge is 0.289 e. The minimum absolute atomic E-state index is 0.0871. The molecule has 1 aromatic rings. The van der Waals surface area contributed by atoms with Crippen LogP contribution in [-0.4, -0.2) is 36.5 Å². The van der Waals surface area contributed by atoms with Crippen LogP contribution in [0.25, 0.3) is 0 Å². The number of hydrogen-bond acceptors (Lipinski definition) is 3. The molecular formula is C10H13ClN2O2. The summed E-state index contributed by atoms with van der Waals surface area (Å²) in [6, 6.07) is 3.48. The number of halogens is 1. The Kier molecular flexibility index (Phi) is 2.98. The van der Waals surface area contributed by atoms with Crippen molar-refractivity contribution in [2.24, 2.45) is 0 Å². The summed E-state index contributed by atoms with van der Waals surface area (Å²) < 4.78 is 5.10. The standard InChI is InChI=1S/C10H13ClN2O2/c1-2-13(7-5-12-6-7)10(14)8-3-4-9(11)15-8/h3-4,7,12H,2,5-6H2,1H3. The van der Waals surface area contributed by atoms with E-state index in [0.29, 0.717) is 12.3 Å². The summed E-state index contributed by atoms with van der Waals surface area (Å²) in [5, 5.41) is 3.39. The Labute approximate surface area is 93.2 Å². The molecule has 0 aliphatic carbocycles. The Morgan fingerprint density at radius 2 is 2.40 bits per heavy atom. The molecule has 2 rings (SSSR count). The van der Waals surface area contributed by atoms with Gasteiger partial charge in [-0.2, -0.15) is 0 Å². The summed E-state index contributed by atoms with van der Waals surface area (Å²) in [7, 11) is 0. The first kappa shape index (κ1) is 10.5. The normalized spacial score (nSPS) is 16.1. The molecule has 0 unspecified atom stereocenters. The molecule has 1 amide bonds. The molecule has 0 radical (unpaired) electrons. The first-order valence-corrected chi connectivity index (χ1v) is 5.37. The number of nitrogens with one attached hydrogen (secondary N) is 1. The van der Waals surface area contributed by atoms with Crippen LogP contribution >= 0.6 is 11.6 Å². The molecule has 1 fully saturated rings. The van der Waals surface area contributed by atoms with Crippen molar-refractivity contribution in [2.75, 3.05) is 19.6 Å². The molecule has 1 N–H and O–H groups in total. The lowest BCUT2D eigenvalue weighted by molar-refractivity contribution is 0.0598. The van der Waals surface area contributed by atoms with Gasteiger partial charge in [0.05, 0.1) is 6.04 Å². The SMILES string of the molecule is CCN(C(=O)c1ccc(Cl)o1)C1CNC1. The zero-order chi connectivity index (χ0) is 10.8. The van der Waals surface area contributed by atoms with Crippen LogP contribution in [0.1, 0.15) is 17.5 Å².